The number of hydrogen-bond acceptors (Lipinski definition) is 2. The molecule has 0 saturated carbocycles. The zero-order valence-electron chi connectivity index (χ0n) is 9.87. The van der Waals surface area contributed by atoms with E-state index in [0.717, 1.165) is 11.1 Å². The SMILES string of the molecule is OCCOc1cc(-c2ccccc2)c(Cl)c(Cl)c1Cl. The molecule has 2 rings (SSSR count). The molecule has 1 N–H and O–H groups in total. The number of halogens is 3. The quantitative estimate of drug-likeness (QED) is 0.829. The summed E-state index contributed by atoms with van der Waals surface area (Å²) in [5.74, 6) is 0.406. The Kier molecular flexibility index (Phi) is 4.94. The van der Waals surface area contributed by atoms with Crippen molar-refractivity contribution in [1.29, 1.82) is 0 Å². The summed E-state index contributed by atoms with van der Waals surface area (Å²) in [7, 11) is 0. The molecular weight excluding hydrogens is 307 g/mol. The molecule has 2 aromatic carbocycles. The number of hydrogen-bond donors (Lipinski definition) is 1. The van der Waals surface area contributed by atoms with E-state index in [0.29, 0.717) is 10.8 Å². The van der Waals surface area contributed by atoms with E-state index in [4.69, 9.17) is 44.6 Å². The van der Waals surface area contributed by atoms with Crippen LogP contribution in [0.5, 0.6) is 5.75 Å². The van der Waals surface area contributed by atoms with Gasteiger partial charge in [0.1, 0.15) is 17.4 Å². The van der Waals surface area contributed by atoms with Gasteiger partial charge >= 0.3 is 0 Å². The molecule has 0 aromatic heterocycles. The minimum absolute atomic E-state index is 0.1000. The van der Waals surface area contributed by atoms with Gasteiger partial charge < -0.3 is 9.84 Å². The summed E-state index contributed by atoms with van der Waals surface area (Å²) in [6, 6.07) is 11.3. The maximum Gasteiger partial charge on any atom is 0.140 e. The molecular formula is C14H11Cl3O2. The van der Waals surface area contributed by atoms with Crippen molar-refractivity contribution in [2.24, 2.45) is 0 Å². The Morgan fingerprint density at radius 3 is 2.26 bits per heavy atom. The van der Waals surface area contributed by atoms with Crippen LogP contribution in [0.4, 0.5) is 0 Å². The molecule has 100 valence electrons. The number of aliphatic hydroxyl groups is 1. The fraction of sp³-hybridized carbons (Fsp3) is 0.143. The molecule has 19 heavy (non-hydrogen) atoms. The van der Waals surface area contributed by atoms with Crippen molar-refractivity contribution in [2.75, 3.05) is 13.2 Å². The second kappa shape index (κ2) is 6.49. The average molecular weight is 318 g/mol. The molecule has 0 unspecified atom stereocenters. The van der Waals surface area contributed by atoms with Gasteiger partial charge in [-0.1, -0.05) is 65.1 Å². The lowest BCUT2D eigenvalue weighted by atomic mass is 10.1. The van der Waals surface area contributed by atoms with Crippen LogP contribution in [-0.2, 0) is 0 Å². The first-order chi connectivity index (χ1) is 9.15. The van der Waals surface area contributed by atoms with Crippen LogP contribution in [0.1, 0.15) is 0 Å². The first-order valence-corrected chi connectivity index (χ1v) is 6.75. The van der Waals surface area contributed by atoms with Gasteiger partial charge in [-0.25, -0.2) is 0 Å². The van der Waals surface area contributed by atoms with Crippen LogP contribution in [0.3, 0.4) is 0 Å². The number of benzene rings is 2. The molecule has 0 bridgehead atoms. The summed E-state index contributed by atoms with van der Waals surface area (Å²) in [5, 5.41) is 9.68. The lowest BCUT2D eigenvalue weighted by molar-refractivity contribution is 0.201. The fourth-order valence-corrected chi connectivity index (χ4v) is 2.37. The van der Waals surface area contributed by atoms with Crippen molar-refractivity contribution >= 4 is 34.8 Å². The second-order valence-electron chi connectivity index (χ2n) is 3.80. The number of rotatable bonds is 4. The number of ether oxygens (including phenoxy) is 1. The fourth-order valence-electron chi connectivity index (χ4n) is 1.67. The highest BCUT2D eigenvalue weighted by Crippen LogP contribution is 2.43. The largest absolute Gasteiger partial charge is 0.490 e. The van der Waals surface area contributed by atoms with Crippen molar-refractivity contribution in [2.45, 2.75) is 0 Å². The van der Waals surface area contributed by atoms with Gasteiger partial charge in [0.15, 0.2) is 0 Å². The molecule has 0 spiro atoms. The molecule has 2 aromatic rings. The van der Waals surface area contributed by atoms with E-state index in [2.05, 4.69) is 0 Å². The Balaban J connectivity index is 2.52. The van der Waals surface area contributed by atoms with Gasteiger partial charge in [-0.2, -0.15) is 0 Å². The van der Waals surface area contributed by atoms with E-state index in [-0.39, 0.29) is 23.3 Å². The van der Waals surface area contributed by atoms with Crippen molar-refractivity contribution < 1.29 is 9.84 Å². The first-order valence-electron chi connectivity index (χ1n) is 5.61. The monoisotopic (exact) mass is 316 g/mol. The summed E-state index contributed by atoms with van der Waals surface area (Å²) in [5.41, 5.74) is 1.66. The minimum atomic E-state index is -0.1000. The maximum absolute atomic E-state index is 8.80. The van der Waals surface area contributed by atoms with Crippen LogP contribution >= 0.6 is 34.8 Å². The van der Waals surface area contributed by atoms with Gasteiger partial charge in [0.05, 0.1) is 16.7 Å². The summed E-state index contributed by atoms with van der Waals surface area (Å²) in [6.45, 7) is 0.0448. The highest BCUT2D eigenvalue weighted by atomic mass is 35.5. The van der Waals surface area contributed by atoms with Crippen LogP contribution in [0.15, 0.2) is 36.4 Å². The Labute approximate surface area is 126 Å². The Morgan fingerprint density at radius 2 is 1.63 bits per heavy atom. The van der Waals surface area contributed by atoms with Gasteiger partial charge in [0, 0.05) is 5.56 Å². The van der Waals surface area contributed by atoms with Gasteiger partial charge in [-0.15, -0.1) is 0 Å². The van der Waals surface area contributed by atoms with E-state index in [1.165, 1.54) is 0 Å². The highest BCUT2D eigenvalue weighted by molar-refractivity contribution is 6.49. The van der Waals surface area contributed by atoms with E-state index >= 15 is 0 Å². The molecule has 0 aliphatic rings. The summed E-state index contributed by atoms with van der Waals surface area (Å²) in [6.07, 6.45) is 0. The Morgan fingerprint density at radius 1 is 0.947 bits per heavy atom. The molecule has 0 aliphatic carbocycles. The van der Waals surface area contributed by atoms with Crippen LogP contribution in [0, 0.1) is 0 Å². The molecule has 0 heterocycles. The molecule has 0 atom stereocenters. The van der Waals surface area contributed by atoms with Crippen molar-refractivity contribution in [3.63, 3.8) is 0 Å². The molecule has 0 aliphatic heterocycles. The normalized spacial score (nSPS) is 10.5. The third-order valence-electron chi connectivity index (χ3n) is 2.55. The lowest BCUT2D eigenvalue weighted by Gasteiger charge is -2.13. The van der Waals surface area contributed by atoms with E-state index < -0.39 is 0 Å². The predicted molar refractivity (Wildman–Crippen MR) is 79.5 cm³/mol. The predicted octanol–water partition coefficient (Wildman–Crippen LogP) is 4.68. The third kappa shape index (κ3) is 3.15. The Hall–Kier alpha value is -0.930. The highest BCUT2D eigenvalue weighted by Gasteiger charge is 2.16. The summed E-state index contributed by atoms with van der Waals surface area (Å²) >= 11 is 18.4. The lowest BCUT2D eigenvalue weighted by Crippen LogP contribution is -2.02. The smallest absolute Gasteiger partial charge is 0.140 e. The molecule has 0 saturated heterocycles. The molecule has 5 heteroatoms. The Bertz CT molecular complexity index is 571. The second-order valence-corrected chi connectivity index (χ2v) is 4.94. The molecule has 0 amide bonds. The van der Waals surface area contributed by atoms with E-state index in [1.807, 2.05) is 30.3 Å². The summed E-state index contributed by atoms with van der Waals surface area (Å²) in [4.78, 5) is 0. The molecule has 0 fully saturated rings. The van der Waals surface area contributed by atoms with Crippen molar-refractivity contribution in [1.82, 2.24) is 0 Å². The maximum atomic E-state index is 8.80. The van der Waals surface area contributed by atoms with Gasteiger partial charge in [0.25, 0.3) is 0 Å². The van der Waals surface area contributed by atoms with Crippen LogP contribution in [-0.4, -0.2) is 18.3 Å². The minimum Gasteiger partial charge on any atom is -0.490 e. The third-order valence-corrected chi connectivity index (χ3v) is 3.89. The van der Waals surface area contributed by atoms with Crippen LogP contribution in [0.25, 0.3) is 11.1 Å². The molecule has 0 radical (unpaired) electrons. The van der Waals surface area contributed by atoms with Gasteiger partial charge in [-0.3, -0.25) is 0 Å². The van der Waals surface area contributed by atoms with Gasteiger partial charge in [0.2, 0.25) is 0 Å². The van der Waals surface area contributed by atoms with E-state index in [9.17, 15) is 0 Å². The van der Waals surface area contributed by atoms with Crippen LogP contribution < -0.4 is 4.74 Å². The standard InChI is InChI=1S/C14H11Cl3O2/c15-12-10(9-4-2-1-3-5-9)8-11(19-7-6-18)13(16)14(12)17/h1-5,8,18H,6-7H2. The molecule has 2 nitrogen and oxygen atoms in total. The zero-order chi connectivity index (χ0) is 13.8. The number of aliphatic hydroxyl groups excluding tert-OH is 1. The van der Waals surface area contributed by atoms with Gasteiger partial charge in [-0.05, 0) is 11.6 Å². The van der Waals surface area contributed by atoms with Crippen LogP contribution in [0.2, 0.25) is 15.1 Å². The topological polar surface area (TPSA) is 29.5 Å². The zero-order valence-corrected chi connectivity index (χ0v) is 12.1. The average Bonchev–Trinajstić information content (AvgIpc) is 2.45. The van der Waals surface area contributed by atoms with Crippen molar-refractivity contribution in [3.8, 4) is 16.9 Å². The first kappa shape index (κ1) is 14.5. The summed E-state index contributed by atoms with van der Waals surface area (Å²) < 4.78 is 5.36. The van der Waals surface area contributed by atoms with Crippen molar-refractivity contribution in [3.05, 3.63) is 51.5 Å². The van der Waals surface area contributed by atoms with E-state index in [1.54, 1.807) is 6.07 Å².